The van der Waals surface area contributed by atoms with Crippen LogP contribution in [0.2, 0.25) is 5.02 Å². The molecule has 0 aliphatic carbocycles. The van der Waals surface area contributed by atoms with E-state index in [9.17, 15) is 14.9 Å². The number of piperazine rings is 1. The molecule has 0 saturated carbocycles. The summed E-state index contributed by atoms with van der Waals surface area (Å²) in [6.07, 6.45) is 0. The highest BCUT2D eigenvalue weighted by molar-refractivity contribution is 6.33. The van der Waals surface area contributed by atoms with Crippen LogP contribution in [0.1, 0.15) is 10.4 Å². The van der Waals surface area contributed by atoms with Gasteiger partial charge in [0.1, 0.15) is 0 Å². The van der Waals surface area contributed by atoms with Crippen LogP contribution in [0.3, 0.4) is 0 Å². The molecule has 1 aliphatic heterocycles. The van der Waals surface area contributed by atoms with Crippen molar-refractivity contribution in [2.45, 2.75) is 0 Å². The summed E-state index contributed by atoms with van der Waals surface area (Å²) in [6.45, 7) is 2.37. The van der Waals surface area contributed by atoms with Crippen LogP contribution in [0.15, 0.2) is 60.7 Å². The van der Waals surface area contributed by atoms with Crippen molar-refractivity contribution in [3.8, 4) is 0 Å². The number of carbonyl (C=O) groups is 1. The summed E-state index contributed by atoms with van der Waals surface area (Å²) >= 11 is 6.24. The first-order valence-corrected chi connectivity index (χ1v) is 9.38. The average Bonchev–Trinajstić information content (AvgIpc) is 2.73. The summed E-state index contributed by atoms with van der Waals surface area (Å²) in [5.41, 5.74) is 1.43. The van der Waals surface area contributed by atoms with Gasteiger partial charge < -0.3 is 9.80 Å². The van der Waals surface area contributed by atoms with Crippen molar-refractivity contribution in [3.05, 3.63) is 81.4 Å². The van der Waals surface area contributed by atoms with Crippen LogP contribution in [0, 0.1) is 10.1 Å². The molecule has 0 radical (unpaired) electrons. The molecule has 28 heavy (non-hydrogen) atoms. The smallest absolute Gasteiger partial charge is 0.271 e. The minimum Gasteiger partial charge on any atom is -0.367 e. The van der Waals surface area contributed by atoms with Gasteiger partial charge in [0.2, 0.25) is 0 Å². The molecule has 1 amide bonds. The second-order valence-corrected chi connectivity index (χ2v) is 7.11. The SMILES string of the molecule is O=C(c1cccc2ccccc12)N1CCN(c2ccc([N+](=O)[O-])cc2Cl)CC1. The van der Waals surface area contributed by atoms with Crippen LogP contribution >= 0.6 is 11.6 Å². The number of nitro benzene ring substituents is 1. The molecule has 0 spiro atoms. The number of hydrogen-bond acceptors (Lipinski definition) is 4. The molecule has 3 aromatic rings. The van der Waals surface area contributed by atoms with Crippen LogP contribution in [0.5, 0.6) is 0 Å². The van der Waals surface area contributed by atoms with Gasteiger partial charge in [-0.05, 0) is 22.9 Å². The fraction of sp³-hybridized carbons (Fsp3) is 0.190. The largest absolute Gasteiger partial charge is 0.367 e. The maximum absolute atomic E-state index is 13.0. The van der Waals surface area contributed by atoms with E-state index in [2.05, 4.69) is 4.90 Å². The Morgan fingerprint density at radius 2 is 1.68 bits per heavy atom. The van der Waals surface area contributed by atoms with Crippen molar-refractivity contribution in [1.82, 2.24) is 4.90 Å². The number of amides is 1. The minimum atomic E-state index is -0.462. The molecule has 0 unspecified atom stereocenters. The molecular weight excluding hydrogens is 378 g/mol. The summed E-state index contributed by atoms with van der Waals surface area (Å²) in [6, 6.07) is 18.1. The number of rotatable bonds is 3. The van der Waals surface area contributed by atoms with Gasteiger partial charge in [-0.1, -0.05) is 48.0 Å². The van der Waals surface area contributed by atoms with Crippen LogP contribution in [0.4, 0.5) is 11.4 Å². The lowest BCUT2D eigenvalue weighted by atomic mass is 10.0. The topological polar surface area (TPSA) is 66.7 Å². The van der Waals surface area contributed by atoms with E-state index in [1.807, 2.05) is 47.4 Å². The van der Waals surface area contributed by atoms with E-state index in [0.29, 0.717) is 36.8 Å². The highest BCUT2D eigenvalue weighted by Crippen LogP contribution is 2.30. The molecule has 0 bridgehead atoms. The Balaban J connectivity index is 1.50. The van der Waals surface area contributed by atoms with Crippen LogP contribution in [-0.2, 0) is 0 Å². The Morgan fingerprint density at radius 3 is 2.39 bits per heavy atom. The van der Waals surface area contributed by atoms with E-state index in [-0.39, 0.29) is 11.6 Å². The average molecular weight is 396 g/mol. The highest BCUT2D eigenvalue weighted by atomic mass is 35.5. The number of hydrogen-bond donors (Lipinski definition) is 0. The number of halogens is 1. The Labute approximate surface area is 167 Å². The summed E-state index contributed by atoms with van der Waals surface area (Å²) in [5, 5.41) is 13.2. The van der Waals surface area contributed by atoms with Crippen molar-refractivity contribution in [3.63, 3.8) is 0 Å². The predicted octanol–water partition coefficient (Wildman–Crippen LogP) is 4.36. The fourth-order valence-electron chi connectivity index (χ4n) is 3.60. The zero-order valence-electron chi connectivity index (χ0n) is 15.0. The molecule has 3 aromatic carbocycles. The standard InChI is InChI=1S/C21H18ClN3O3/c22-19-14-16(25(27)28)8-9-20(19)23-10-12-24(13-11-23)21(26)18-7-3-5-15-4-1-2-6-17(15)18/h1-9,14H,10-13H2. The third-order valence-corrected chi connectivity index (χ3v) is 5.37. The van der Waals surface area contributed by atoms with E-state index >= 15 is 0 Å². The van der Waals surface area contributed by atoms with Gasteiger partial charge in [-0.2, -0.15) is 0 Å². The monoisotopic (exact) mass is 395 g/mol. The number of nitro groups is 1. The van der Waals surface area contributed by atoms with Crippen molar-refractivity contribution >= 4 is 39.7 Å². The Kier molecular flexibility index (Phi) is 4.88. The lowest BCUT2D eigenvalue weighted by Gasteiger charge is -2.36. The highest BCUT2D eigenvalue weighted by Gasteiger charge is 2.25. The molecule has 0 aromatic heterocycles. The van der Waals surface area contributed by atoms with Crippen LogP contribution in [-0.4, -0.2) is 41.9 Å². The van der Waals surface area contributed by atoms with E-state index < -0.39 is 4.92 Å². The first-order valence-electron chi connectivity index (χ1n) is 9.00. The second-order valence-electron chi connectivity index (χ2n) is 6.70. The molecule has 6 nitrogen and oxygen atoms in total. The predicted molar refractivity (Wildman–Crippen MR) is 110 cm³/mol. The summed E-state index contributed by atoms with van der Waals surface area (Å²) in [4.78, 5) is 27.4. The fourth-order valence-corrected chi connectivity index (χ4v) is 3.89. The molecule has 1 saturated heterocycles. The zero-order valence-corrected chi connectivity index (χ0v) is 15.8. The summed E-state index contributed by atoms with van der Waals surface area (Å²) in [7, 11) is 0. The quantitative estimate of drug-likeness (QED) is 0.488. The van der Waals surface area contributed by atoms with Gasteiger partial charge in [-0.25, -0.2) is 0 Å². The van der Waals surface area contributed by atoms with E-state index in [0.717, 1.165) is 16.5 Å². The van der Waals surface area contributed by atoms with E-state index in [1.54, 1.807) is 6.07 Å². The number of fused-ring (bicyclic) bond motifs is 1. The molecule has 0 N–H and O–H groups in total. The maximum atomic E-state index is 13.0. The van der Waals surface area contributed by atoms with Crippen molar-refractivity contribution in [2.24, 2.45) is 0 Å². The Morgan fingerprint density at radius 1 is 0.964 bits per heavy atom. The Hall–Kier alpha value is -3.12. The maximum Gasteiger partial charge on any atom is 0.271 e. The number of non-ortho nitro benzene ring substituents is 1. The first kappa shape index (κ1) is 18.3. The van der Waals surface area contributed by atoms with Crippen LogP contribution in [0.25, 0.3) is 10.8 Å². The Bertz CT molecular complexity index is 1060. The number of benzene rings is 3. The van der Waals surface area contributed by atoms with Crippen molar-refractivity contribution in [2.75, 3.05) is 31.1 Å². The first-order chi connectivity index (χ1) is 13.5. The molecule has 4 rings (SSSR count). The molecule has 142 valence electrons. The van der Waals surface area contributed by atoms with Gasteiger partial charge in [0.25, 0.3) is 11.6 Å². The van der Waals surface area contributed by atoms with Gasteiger partial charge >= 0.3 is 0 Å². The lowest BCUT2D eigenvalue weighted by molar-refractivity contribution is -0.384. The zero-order chi connectivity index (χ0) is 19.7. The lowest BCUT2D eigenvalue weighted by Crippen LogP contribution is -2.48. The second kappa shape index (κ2) is 7.48. The normalized spacial score (nSPS) is 14.3. The van der Waals surface area contributed by atoms with Gasteiger partial charge in [-0.15, -0.1) is 0 Å². The summed E-state index contributed by atoms with van der Waals surface area (Å²) in [5.74, 6) is 0.0197. The molecular formula is C21H18ClN3O3. The minimum absolute atomic E-state index is 0.0197. The van der Waals surface area contributed by atoms with Crippen molar-refractivity contribution < 1.29 is 9.72 Å². The van der Waals surface area contributed by atoms with E-state index in [4.69, 9.17) is 11.6 Å². The molecule has 0 atom stereocenters. The van der Waals surface area contributed by atoms with Crippen LogP contribution < -0.4 is 4.90 Å². The molecule has 1 fully saturated rings. The molecule has 1 aliphatic rings. The summed E-state index contributed by atoms with van der Waals surface area (Å²) < 4.78 is 0. The third-order valence-electron chi connectivity index (χ3n) is 5.07. The number of nitrogens with zero attached hydrogens (tertiary/aromatic N) is 3. The third kappa shape index (κ3) is 3.39. The van der Waals surface area contributed by atoms with Gasteiger partial charge in [0.05, 0.1) is 15.6 Å². The molecule has 1 heterocycles. The molecule has 7 heteroatoms. The van der Waals surface area contributed by atoms with E-state index in [1.165, 1.54) is 12.1 Å². The number of anilines is 1. The van der Waals surface area contributed by atoms with Gasteiger partial charge in [0.15, 0.2) is 0 Å². The number of carbonyl (C=O) groups excluding carboxylic acids is 1. The van der Waals surface area contributed by atoms with Crippen molar-refractivity contribution in [1.29, 1.82) is 0 Å². The van der Waals surface area contributed by atoms with Gasteiger partial charge in [0, 0.05) is 43.9 Å². The van der Waals surface area contributed by atoms with Gasteiger partial charge in [-0.3, -0.25) is 14.9 Å².